The van der Waals surface area contributed by atoms with Crippen molar-refractivity contribution in [2.75, 3.05) is 18.9 Å². The van der Waals surface area contributed by atoms with Crippen LogP contribution in [0.4, 0.5) is 11.6 Å². The fourth-order valence-electron chi connectivity index (χ4n) is 4.66. The van der Waals surface area contributed by atoms with E-state index in [1.807, 2.05) is 6.07 Å². The number of rotatable bonds is 7. The quantitative estimate of drug-likeness (QED) is 0.303. The van der Waals surface area contributed by atoms with Crippen LogP contribution in [0.2, 0.25) is 0 Å². The molecular formula is C29H35N7OS. The smallest absolute Gasteiger partial charge is 0.174 e. The summed E-state index contributed by atoms with van der Waals surface area (Å²) in [5.74, 6) is 1.66. The third-order valence-corrected chi connectivity index (χ3v) is 8.27. The number of aromatic nitrogens is 5. The molecule has 1 aliphatic rings. The van der Waals surface area contributed by atoms with E-state index in [1.165, 1.54) is 22.6 Å². The molecule has 0 unspecified atom stereocenters. The Morgan fingerprint density at radius 3 is 2.68 bits per heavy atom. The zero-order valence-electron chi connectivity index (χ0n) is 22.8. The molecule has 0 bridgehead atoms. The lowest BCUT2D eigenvalue weighted by atomic mass is 9.98. The fraction of sp³-hybridized carbons (Fsp3) is 0.414. The highest BCUT2D eigenvalue weighted by molar-refractivity contribution is 7.13. The lowest BCUT2D eigenvalue weighted by Crippen LogP contribution is -2.16. The number of carbonyl (C=O) groups excluding carboxylic acids is 1. The minimum absolute atomic E-state index is 0.0411. The average Bonchev–Trinajstić information content (AvgIpc) is 3.47. The summed E-state index contributed by atoms with van der Waals surface area (Å²) < 4.78 is 2.08. The Bertz CT molecular complexity index is 1450. The monoisotopic (exact) mass is 529 g/mol. The summed E-state index contributed by atoms with van der Waals surface area (Å²) in [4.78, 5) is 29.2. The summed E-state index contributed by atoms with van der Waals surface area (Å²) in [6, 6.07) is 10.3. The van der Waals surface area contributed by atoms with E-state index in [9.17, 15) is 4.79 Å². The first kappa shape index (κ1) is 26.2. The number of benzene rings is 1. The van der Waals surface area contributed by atoms with Gasteiger partial charge in [-0.05, 0) is 44.0 Å². The summed E-state index contributed by atoms with van der Waals surface area (Å²) in [5.41, 5.74) is 5.33. The van der Waals surface area contributed by atoms with Crippen LogP contribution in [0, 0.1) is 6.92 Å². The highest BCUT2D eigenvalue weighted by Gasteiger charge is 2.20. The number of carbonyl (C=O) groups is 1. The van der Waals surface area contributed by atoms with Crippen molar-refractivity contribution in [3.63, 3.8) is 0 Å². The molecule has 1 N–H and O–H groups in total. The van der Waals surface area contributed by atoms with Gasteiger partial charge in [0.15, 0.2) is 11.6 Å². The van der Waals surface area contributed by atoms with Gasteiger partial charge in [-0.15, -0.1) is 11.3 Å². The minimum atomic E-state index is -0.0411. The van der Waals surface area contributed by atoms with Gasteiger partial charge in [0.25, 0.3) is 0 Å². The highest BCUT2D eigenvalue weighted by Crippen LogP contribution is 2.28. The number of fused-ring (bicyclic) bond motifs is 1. The Balaban J connectivity index is 1.25. The second-order valence-corrected chi connectivity index (χ2v) is 12.1. The SMILES string of the molecule is Cc1cc(-c2cc(Nc3cc4n(n3)CCCN(C)C4)ncn2)ccc1CCC(=O)c1cnc(C(C)(C)C)s1. The van der Waals surface area contributed by atoms with Gasteiger partial charge in [0, 0.05) is 55.4 Å². The molecule has 4 aromatic rings. The molecule has 0 aliphatic carbocycles. The summed E-state index contributed by atoms with van der Waals surface area (Å²) >= 11 is 1.51. The van der Waals surface area contributed by atoms with Gasteiger partial charge in [-0.25, -0.2) is 15.0 Å². The molecular weight excluding hydrogens is 494 g/mol. The first-order valence-electron chi connectivity index (χ1n) is 13.1. The van der Waals surface area contributed by atoms with Crippen molar-refractivity contribution in [3.05, 3.63) is 69.6 Å². The van der Waals surface area contributed by atoms with E-state index < -0.39 is 0 Å². The zero-order valence-corrected chi connectivity index (χ0v) is 23.6. The number of hydrogen-bond acceptors (Lipinski definition) is 8. The molecule has 0 amide bonds. The van der Waals surface area contributed by atoms with Crippen LogP contribution in [0.1, 0.15) is 65.1 Å². The third-order valence-electron chi connectivity index (χ3n) is 6.81. The lowest BCUT2D eigenvalue weighted by Gasteiger charge is -2.13. The molecule has 0 saturated carbocycles. The molecule has 5 rings (SSSR count). The van der Waals surface area contributed by atoms with Crippen LogP contribution in [0.3, 0.4) is 0 Å². The highest BCUT2D eigenvalue weighted by atomic mass is 32.1. The number of nitrogens with zero attached hydrogens (tertiary/aromatic N) is 6. The Labute approximate surface area is 228 Å². The van der Waals surface area contributed by atoms with Crippen molar-refractivity contribution in [2.45, 2.75) is 65.5 Å². The average molecular weight is 530 g/mol. The van der Waals surface area contributed by atoms with Gasteiger partial charge >= 0.3 is 0 Å². The number of ketones is 1. The number of aryl methyl sites for hydroxylation is 3. The van der Waals surface area contributed by atoms with Gasteiger partial charge in [0.1, 0.15) is 12.1 Å². The summed E-state index contributed by atoms with van der Waals surface area (Å²) in [7, 11) is 2.14. The summed E-state index contributed by atoms with van der Waals surface area (Å²) in [5, 5.41) is 9.07. The Morgan fingerprint density at radius 1 is 1.08 bits per heavy atom. The number of anilines is 2. The molecule has 3 aromatic heterocycles. The van der Waals surface area contributed by atoms with Crippen LogP contribution in [-0.4, -0.2) is 49.0 Å². The van der Waals surface area contributed by atoms with E-state index in [4.69, 9.17) is 5.10 Å². The molecule has 0 spiro atoms. The van der Waals surface area contributed by atoms with E-state index >= 15 is 0 Å². The van der Waals surface area contributed by atoms with Crippen LogP contribution < -0.4 is 5.32 Å². The number of thiazole rings is 1. The molecule has 0 saturated heterocycles. The second kappa shape index (κ2) is 10.7. The predicted molar refractivity (Wildman–Crippen MR) is 152 cm³/mol. The first-order valence-corrected chi connectivity index (χ1v) is 13.9. The Hall–Kier alpha value is -3.43. The van der Waals surface area contributed by atoms with Crippen molar-refractivity contribution in [2.24, 2.45) is 0 Å². The molecule has 1 aliphatic heterocycles. The molecule has 8 nitrogen and oxygen atoms in total. The summed E-state index contributed by atoms with van der Waals surface area (Å²) in [6.07, 6.45) is 5.57. The summed E-state index contributed by atoms with van der Waals surface area (Å²) in [6.45, 7) is 11.3. The van der Waals surface area contributed by atoms with Crippen LogP contribution in [0.25, 0.3) is 11.3 Å². The van der Waals surface area contributed by atoms with Crippen LogP contribution in [0.5, 0.6) is 0 Å². The van der Waals surface area contributed by atoms with E-state index in [-0.39, 0.29) is 11.2 Å². The first-order chi connectivity index (χ1) is 18.2. The van der Waals surface area contributed by atoms with Crippen molar-refractivity contribution < 1.29 is 4.79 Å². The second-order valence-electron chi connectivity index (χ2n) is 11.1. The van der Waals surface area contributed by atoms with Crippen LogP contribution >= 0.6 is 11.3 Å². The van der Waals surface area contributed by atoms with E-state index in [1.54, 1.807) is 12.5 Å². The number of Topliss-reactive ketones (excluding diaryl/α,β-unsaturated/α-hetero) is 1. The topological polar surface area (TPSA) is 88.8 Å². The molecule has 9 heteroatoms. The van der Waals surface area contributed by atoms with Crippen molar-refractivity contribution in [1.82, 2.24) is 29.6 Å². The maximum atomic E-state index is 12.8. The predicted octanol–water partition coefficient (Wildman–Crippen LogP) is 5.80. The van der Waals surface area contributed by atoms with Crippen molar-refractivity contribution >= 4 is 28.8 Å². The Kier molecular flexibility index (Phi) is 7.40. The molecule has 0 atom stereocenters. The van der Waals surface area contributed by atoms with E-state index in [0.29, 0.717) is 18.7 Å². The van der Waals surface area contributed by atoms with Crippen molar-refractivity contribution in [1.29, 1.82) is 0 Å². The molecule has 38 heavy (non-hydrogen) atoms. The van der Waals surface area contributed by atoms with Crippen LogP contribution in [0.15, 0.2) is 42.9 Å². The van der Waals surface area contributed by atoms with Gasteiger partial charge in [0.2, 0.25) is 0 Å². The molecule has 198 valence electrons. The Morgan fingerprint density at radius 2 is 1.92 bits per heavy atom. The lowest BCUT2D eigenvalue weighted by molar-refractivity contribution is 0.0986. The normalized spacial score (nSPS) is 14.2. The van der Waals surface area contributed by atoms with Gasteiger partial charge in [0.05, 0.1) is 21.3 Å². The largest absolute Gasteiger partial charge is 0.323 e. The third kappa shape index (κ3) is 6.00. The van der Waals surface area contributed by atoms with Gasteiger partial charge in [-0.2, -0.15) is 5.10 Å². The molecule has 0 fully saturated rings. The van der Waals surface area contributed by atoms with Gasteiger partial charge in [-0.3, -0.25) is 9.48 Å². The number of hydrogen-bond donors (Lipinski definition) is 1. The number of nitrogens with one attached hydrogen (secondary N) is 1. The van der Waals surface area contributed by atoms with E-state index in [2.05, 4.69) is 88.9 Å². The maximum absolute atomic E-state index is 12.8. The van der Waals surface area contributed by atoms with Crippen molar-refractivity contribution in [3.8, 4) is 11.3 Å². The zero-order chi connectivity index (χ0) is 26.9. The molecule has 1 aromatic carbocycles. The van der Waals surface area contributed by atoms with Crippen LogP contribution in [-0.2, 0) is 24.9 Å². The standard InChI is InChI=1S/C29H35N7OS/c1-19-13-21(8-7-20(19)9-10-24(37)25-16-30-28(38-25)29(2,3)4)23-15-26(32-18-31-23)33-27-14-22-17-35(5)11-6-12-36(22)34-27/h7-8,13-16,18H,6,9-12,17H2,1-5H3,(H,31,32,33,34). The van der Waals surface area contributed by atoms with E-state index in [0.717, 1.165) is 58.6 Å². The molecule has 4 heterocycles. The fourth-order valence-corrected chi connectivity index (χ4v) is 5.60. The maximum Gasteiger partial charge on any atom is 0.174 e. The minimum Gasteiger partial charge on any atom is -0.323 e. The molecule has 0 radical (unpaired) electrons. The van der Waals surface area contributed by atoms with Gasteiger partial charge in [-0.1, -0.05) is 32.9 Å². The van der Waals surface area contributed by atoms with Gasteiger partial charge < -0.3 is 10.2 Å².